The van der Waals surface area contributed by atoms with Crippen LogP contribution < -0.4 is 0 Å². The molecule has 1 aliphatic carbocycles. The fourth-order valence-electron chi connectivity index (χ4n) is 2.54. The Labute approximate surface area is 122 Å². The number of hydrogen-bond donors (Lipinski definition) is 0. The molecule has 1 heterocycles. The smallest absolute Gasteiger partial charge is 0.212 e. The molecule has 0 spiro atoms. The fraction of sp³-hybridized carbons (Fsp3) is 0.400. The Morgan fingerprint density at radius 1 is 1.15 bits per heavy atom. The first-order chi connectivity index (χ1) is 9.83. The van der Waals surface area contributed by atoms with Crippen LogP contribution in [-0.4, -0.2) is 26.4 Å². The first-order valence-electron chi connectivity index (χ1n) is 7.02. The summed E-state index contributed by atoms with van der Waals surface area (Å²) in [7, 11) is 0. The van der Waals surface area contributed by atoms with Gasteiger partial charge >= 0.3 is 0 Å². The number of rotatable bonds is 3. The molecule has 0 amide bonds. The van der Waals surface area contributed by atoms with Crippen LogP contribution in [0.2, 0.25) is 0 Å². The van der Waals surface area contributed by atoms with Crippen LogP contribution in [0, 0.1) is 5.21 Å². The Bertz CT molecular complexity index is 588. The van der Waals surface area contributed by atoms with Crippen LogP contribution in [0.1, 0.15) is 37.1 Å². The standard InChI is InChI=1S/C15H17N3OS/c19-18(13-9-5-2-6-10-13)11-14-16-15(17-20-14)12-7-3-1-4-8-12/h1,3-4,7-8,11,13H,2,5-6,9-10H2/b18-11-. The molecule has 5 heteroatoms. The molecular formula is C15H17N3OS. The minimum absolute atomic E-state index is 0.118. The number of hydrogen-bond acceptors (Lipinski definition) is 4. The average molecular weight is 287 g/mol. The summed E-state index contributed by atoms with van der Waals surface area (Å²) in [4.78, 5) is 4.43. The van der Waals surface area contributed by atoms with Gasteiger partial charge < -0.3 is 5.21 Å². The molecule has 1 aliphatic rings. The molecule has 1 fully saturated rings. The lowest BCUT2D eigenvalue weighted by Gasteiger charge is -2.20. The molecule has 4 nitrogen and oxygen atoms in total. The van der Waals surface area contributed by atoms with Crippen molar-refractivity contribution < 1.29 is 4.74 Å². The van der Waals surface area contributed by atoms with Crippen molar-refractivity contribution in [2.75, 3.05) is 0 Å². The van der Waals surface area contributed by atoms with E-state index in [1.807, 2.05) is 30.3 Å². The number of hydroxylamine groups is 1. The molecule has 1 aromatic carbocycles. The predicted molar refractivity (Wildman–Crippen MR) is 81.0 cm³/mol. The predicted octanol–water partition coefficient (Wildman–Crippen LogP) is 3.47. The maximum Gasteiger partial charge on any atom is 0.212 e. The van der Waals surface area contributed by atoms with E-state index in [-0.39, 0.29) is 6.04 Å². The fourth-order valence-corrected chi connectivity index (χ4v) is 3.15. The minimum Gasteiger partial charge on any atom is -0.624 e. The Morgan fingerprint density at radius 2 is 1.90 bits per heavy atom. The van der Waals surface area contributed by atoms with Gasteiger partial charge in [0, 0.05) is 18.4 Å². The second-order valence-corrected chi connectivity index (χ2v) is 5.89. The lowest BCUT2D eigenvalue weighted by atomic mass is 9.96. The van der Waals surface area contributed by atoms with E-state index >= 15 is 0 Å². The van der Waals surface area contributed by atoms with Gasteiger partial charge in [-0.2, -0.15) is 4.37 Å². The Balaban J connectivity index is 1.76. The van der Waals surface area contributed by atoms with Gasteiger partial charge in [0.25, 0.3) is 0 Å². The highest BCUT2D eigenvalue weighted by atomic mass is 32.1. The van der Waals surface area contributed by atoms with Crippen LogP contribution in [0.4, 0.5) is 0 Å². The Hall–Kier alpha value is -1.75. The van der Waals surface area contributed by atoms with Crippen molar-refractivity contribution in [2.45, 2.75) is 38.1 Å². The summed E-state index contributed by atoms with van der Waals surface area (Å²) in [5.74, 6) is 0.693. The van der Waals surface area contributed by atoms with Crippen molar-refractivity contribution in [1.82, 2.24) is 9.36 Å². The molecule has 1 saturated carbocycles. The van der Waals surface area contributed by atoms with E-state index in [0.717, 1.165) is 36.0 Å². The summed E-state index contributed by atoms with van der Waals surface area (Å²) in [6.07, 6.45) is 7.14. The SMILES string of the molecule is [O-]/[N+](=C\c1nc(-c2ccccc2)ns1)C1CCCCC1. The summed E-state index contributed by atoms with van der Waals surface area (Å²) < 4.78 is 5.40. The quantitative estimate of drug-likeness (QED) is 0.376. The first kappa shape index (κ1) is 13.2. The molecule has 0 bridgehead atoms. The minimum atomic E-state index is 0.118. The zero-order valence-corrected chi connectivity index (χ0v) is 12.1. The van der Waals surface area contributed by atoms with Crippen molar-refractivity contribution in [3.63, 3.8) is 0 Å². The van der Waals surface area contributed by atoms with Gasteiger partial charge in [-0.05, 0) is 24.4 Å². The lowest BCUT2D eigenvalue weighted by molar-refractivity contribution is -0.500. The summed E-state index contributed by atoms with van der Waals surface area (Å²) in [5.41, 5.74) is 0.985. The van der Waals surface area contributed by atoms with Gasteiger partial charge in [-0.3, -0.25) is 0 Å². The van der Waals surface area contributed by atoms with E-state index in [1.165, 1.54) is 18.0 Å². The molecule has 0 saturated heterocycles. The summed E-state index contributed by atoms with van der Waals surface area (Å²) >= 11 is 1.28. The van der Waals surface area contributed by atoms with Gasteiger partial charge in [0.2, 0.25) is 11.2 Å². The third-order valence-electron chi connectivity index (χ3n) is 3.65. The van der Waals surface area contributed by atoms with Crippen molar-refractivity contribution in [3.8, 4) is 11.4 Å². The topological polar surface area (TPSA) is 51.9 Å². The van der Waals surface area contributed by atoms with Gasteiger partial charge in [-0.25, -0.2) is 9.72 Å². The maximum atomic E-state index is 12.1. The summed E-state index contributed by atoms with van der Waals surface area (Å²) in [6, 6.07) is 9.95. The van der Waals surface area contributed by atoms with E-state index in [0.29, 0.717) is 10.8 Å². The Morgan fingerprint density at radius 3 is 2.65 bits per heavy atom. The number of benzene rings is 1. The molecule has 0 aliphatic heterocycles. The van der Waals surface area contributed by atoms with Crippen molar-refractivity contribution in [1.29, 1.82) is 0 Å². The first-order valence-corrected chi connectivity index (χ1v) is 7.80. The van der Waals surface area contributed by atoms with Crippen LogP contribution in [0.15, 0.2) is 30.3 Å². The van der Waals surface area contributed by atoms with E-state index in [1.54, 1.807) is 6.21 Å². The number of nitrogens with zero attached hydrogens (tertiary/aromatic N) is 3. The van der Waals surface area contributed by atoms with Crippen molar-refractivity contribution >= 4 is 17.7 Å². The maximum absolute atomic E-state index is 12.1. The van der Waals surface area contributed by atoms with E-state index in [9.17, 15) is 5.21 Å². The van der Waals surface area contributed by atoms with Crippen molar-refractivity contribution in [3.05, 3.63) is 40.5 Å². The van der Waals surface area contributed by atoms with Crippen LogP contribution in [-0.2, 0) is 0 Å². The van der Waals surface area contributed by atoms with E-state index < -0.39 is 0 Å². The second-order valence-electron chi connectivity index (χ2n) is 5.10. The van der Waals surface area contributed by atoms with Crippen molar-refractivity contribution in [2.24, 2.45) is 0 Å². The van der Waals surface area contributed by atoms with Crippen LogP contribution in [0.3, 0.4) is 0 Å². The van der Waals surface area contributed by atoms with Crippen LogP contribution >= 0.6 is 11.5 Å². The highest BCUT2D eigenvalue weighted by Gasteiger charge is 2.20. The summed E-state index contributed by atoms with van der Waals surface area (Å²) in [5, 5.41) is 12.8. The third kappa shape index (κ3) is 3.04. The van der Waals surface area contributed by atoms with Gasteiger partial charge in [-0.15, -0.1) is 0 Å². The molecular weight excluding hydrogens is 270 g/mol. The van der Waals surface area contributed by atoms with Gasteiger partial charge in [0.15, 0.2) is 11.9 Å². The largest absolute Gasteiger partial charge is 0.624 e. The number of aromatic nitrogens is 2. The highest BCUT2D eigenvalue weighted by Crippen LogP contribution is 2.20. The molecule has 0 atom stereocenters. The second kappa shape index (κ2) is 6.13. The molecule has 2 aromatic rings. The molecule has 3 rings (SSSR count). The molecule has 0 radical (unpaired) electrons. The zero-order valence-electron chi connectivity index (χ0n) is 11.2. The normalized spacial score (nSPS) is 17.3. The van der Waals surface area contributed by atoms with Gasteiger partial charge in [0.05, 0.1) is 0 Å². The van der Waals surface area contributed by atoms with Crippen LogP contribution in [0.5, 0.6) is 0 Å². The third-order valence-corrected chi connectivity index (χ3v) is 4.29. The highest BCUT2D eigenvalue weighted by molar-refractivity contribution is 7.07. The van der Waals surface area contributed by atoms with Gasteiger partial charge in [0.1, 0.15) is 0 Å². The van der Waals surface area contributed by atoms with E-state index in [2.05, 4.69) is 9.36 Å². The molecule has 104 valence electrons. The molecule has 1 aromatic heterocycles. The monoisotopic (exact) mass is 287 g/mol. The average Bonchev–Trinajstić information content (AvgIpc) is 2.97. The molecule has 20 heavy (non-hydrogen) atoms. The van der Waals surface area contributed by atoms with Crippen LogP contribution in [0.25, 0.3) is 11.4 Å². The lowest BCUT2D eigenvalue weighted by Crippen LogP contribution is -2.25. The molecule has 0 N–H and O–H groups in total. The van der Waals surface area contributed by atoms with Gasteiger partial charge in [-0.1, -0.05) is 36.8 Å². The zero-order chi connectivity index (χ0) is 13.8. The molecule has 0 unspecified atom stereocenters. The van der Waals surface area contributed by atoms with E-state index in [4.69, 9.17) is 0 Å². The summed E-state index contributed by atoms with van der Waals surface area (Å²) in [6.45, 7) is 0. The Kier molecular flexibility index (Phi) is 4.06.